The van der Waals surface area contributed by atoms with E-state index in [4.69, 9.17) is 0 Å². The Labute approximate surface area is 138 Å². The monoisotopic (exact) mass is 346 g/mol. The summed E-state index contributed by atoms with van der Waals surface area (Å²) in [4.78, 5) is 12.3. The van der Waals surface area contributed by atoms with Gasteiger partial charge in [-0.25, -0.2) is 8.42 Å². The Balaban J connectivity index is 0.00000242. The highest BCUT2D eigenvalue weighted by atomic mass is 35.5. The second-order valence-electron chi connectivity index (χ2n) is 5.30. The fourth-order valence-corrected chi connectivity index (χ4v) is 3.62. The lowest BCUT2D eigenvalue weighted by Gasteiger charge is -2.12. The van der Waals surface area contributed by atoms with Gasteiger partial charge in [0.2, 0.25) is 0 Å². The molecule has 1 unspecified atom stereocenters. The van der Waals surface area contributed by atoms with Crippen LogP contribution in [-0.2, 0) is 9.84 Å². The number of carbonyl (C=O) groups is 1. The molecule has 0 aromatic heterocycles. The van der Waals surface area contributed by atoms with Crippen molar-refractivity contribution in [2.45, 2.75) is 24.7 Å². The van der Waals surface area contributed by atoms with Crippen LogP contribution in [0.1, 0.15) is 30.1 Å². The minimum atomic E-state index is -3.39. The van der Waals surface area contributed by atoms with Gasteiger partial charge < -0.3 is 10.6 Å². The zero-order chi connectivity index (χ0) is 15.3. The summed E-state index contributed by atoms with van der Waals surface area (Å²) in [6.45, 7) is 4.19. The lowest BCUT2D eigenvalue weighted by Crippen LogP contribution is -2.28. The third kappa shape index (κ3) is 4.69. The highest BCUT2D eigenvalue weighted by molar-refractivity contribution is 7.91. The standard InChI is InChI=1S/C15H22N2O3S.ClH/c1-2-21(19,20)14-6-4-3-5-13(14)15(18)17-10-8-12-7-9-16-11-12;/h3-6,12,16H,2,7-11H2,1H3,(H,17,18);1H. The molecule has 0 saturated carbocycles. The van der Waals surface area contributed by atoms with Gasteiger partial charge in [-0.1, -0.05) is 19.1 Å². The number of carbonyl (C=O) groups excluding carboxylic acids is 1. The minimum Gasteiger partial charge on any atom is -0.352 e. The lowest BCUT2D eigenvalue weighted by atomic mass is 10.1. The highest BCUT2D eigenvalue weighted by Crippen LogP contribution is 2.17. The number of hydrogen-bond acceptors (Lipinski definition) is 4. The molecule has 0 bridgehead atoms. The zero-order valence-electron chi connectivity index (χ0n) is 12.7. The van der Waals surface area contributed by atoms with Crippen molar-refractivity contribution in [3.63, 3.8) is 0 Å². The molecule has 1 aromatic carbocycles. The Morgan fingerprint density at radius 1 is 1.36 bits per heavy atom. The smallest absolute Gasteiger partial charge is 0.252 e. The van der Waals surface area contributed by atoms with Gasteiger partial charge in [0.25, 0.3) is 5.91 Å². The Bertz CT molecular complexity index is 599. The van der Waals surface area contributed by atoms with Crippen LogP contribution in [0, 0.1) is 5.92 Å². The third-order valence-electron chi connectivity index (χ3n) is 3.85. The number of sulfone groups is 1. The first kappa shape index (κ1) is 18.9. The zero-order valence-corrected chi connectivity index (χ0v) is 14.3. The topological polar surface area (TPSA) is 75.3 Å². The lowest BCUT2D eigenvalue weighted by molar-refractivity contribution is 0.0948. The predicted octanol–water partition coefficient (Wildman–Crippen LogP) is 1.63. The second kappa shape index (κ2) is 8.50. The Kier molecular flexibility index (Phi) is 7.32. The molecule has 0 spiro atoms. The molecule has 1 aliphatic rings. The number of hydrogen-bond donors (Lipinski definition) is 2. The molecule has 7 heteroatoms. The molecule has 22 heavy (non-hydrogen) atoms. The molecule has 2 N–H and O–H groups in total. The van der Waals surface area contributed by atoms with E-state index in [1.165, 1.54) is 6.07 Å². The van der Waals surface area contributed by atoms with Crippen LogP contribution in [0.15, 0.2) is 29.2 Å². The van der Waals surface area contributed by atoms with Crippen molar-refractivity contribution >= 4 is 28.2 Å². The summed E-state index contributed by atoms with van der Waals surface area (Å²) in [5.74, 6) is 0.277. The van der Waals surface area contributed by atoms with Crippen LogP contribution in [0.5, 0.6) is 0 Å². The Morgan fingerprint density at radius 3 is 2.73 bits per heavy atom. The van der Waals surface area contributed by atoms with Gasteiger partial charge in [-0.2, -0.15) is 0 Å². The predicted molar refractivity (Wildman–Crippen MR) is 89.3 cm³/mol. The van der Waals surface area contributed by atoms with E-state index < -0.39 is 9.84 Å². The van der Waals surface area contributed by atoms with Crippen LogP contribution in [0.4, 0.5) is 0 Å². The summed E-state index contributed by atoms with van der Waals surface area (Å²) >= 11 is 0. The first-order chi connectivity index (χ1) is 10.0. The molecule has 1 fully saturated rings. The number of nitrogens with one attached hydrogen (secondary N) is 2. The molecule has 1 saturated heterocycles. The van der Waals surface area contributed by atoms with Gasteiger partial charge in [0, 0.05) is 6.54 Å². The summed E-state index contributed by atoms with van der Waals surface area (Å²) < 4.78 is 24.0. The highest BCUT2D eigenvalue weighted by Gasteiger charge is 2.20. The normalized spacial score (nSPS) is 17.8. The van der Waals surface area contributed by atoms with Crippen molar-refractivity contribution in [3.05, 3.63) is 29.8 Å². The molecule has 1 atom stereocenters. The van der Waals surface area contributed by atoms with Crippen LogP contribution < -0.4 is 10.6 Å². The fourth-order valence-electron chi connectivity index (χ4n) is 2.53. The molecule has 1 aliphatic heterocycles. The first-order valence-corrected chi connectivity index (χ1v) is 9.00. The molecule has 1 heterocycles. The summed E-state index contributed by atoms with van der Waals surface area (Å²) in [5.41, 5.74) is 0.240. The largest absolute Gasteiger partial charge is 0.352 e. The number of halogens is 1. The van der Waals surface area contributed by atoms with Gasteiger partial charge in [-0.05, 0) is 44.0 Å². The van der Waals surface area contributed by atoms with Crippen molar-refractivity contribution in [3.8, 4) is 0 Å². The van der Waals surface area contributed by atoms with E-state index in [9.17, 15) is 13.2 Å². The first-order valence-electron chi connectivity index (χ1n) is 7.35. The number of benzene rings is 1. The van der Waals surface area contributed by atoms with Crippen LogP contribution in [0.3, 0.4) is 0 Å². The van der Waals surface area contributed by atoms with Gasteiger partial charge in [-0.3, -0.25) is 4.79 Å². The van der Waals surface area contributed by atoms with E-state index in [2.05, 4.69) is 10.6 Å². The number of rotatable bonds is 6. The summed E-state index contributed by atoms with van der Waals surface area (Å²) in [7, 11) is -3.39. The number of amides is 1. The molecule has 0 aliphatic carbocycles. The van der Waals surface area contributed by atoms with Crippen LogP contribution >= 0.6 is 12.4 Å². The summed E-state index contributed by atoms with van der Waals surface area (Å²) in [6, 6.07) is 6.39. The van der Waals surface area contributed by atoms with Crippen molar-refractivity contribution in [1.82, 2.24) is 10.6 Å². The van der Waals surface area contributed by atoms with Gasteiger partial charge >= 0.3 is 0 Å². The molecule has 124 valence electrons. The minimum absolute atomic E-state index is 0. The molecule has 5 nitrogen and oxygen atoms in total. The van der Waals surface area contributed by atoms with E-state index in [1.54, 1.807) is 25.1 Å². The van der Waals surface area contributed by atoms with E-state index in [0.717, 1.165) is 25.9 Å². The molecular weight excluding hydrogens is 324 g/mol. The molecular formula is C15H23ClN2O3S. The SMILES string of the molecule is CCS(=O)(=O)c1ccccc1C(=O)NCCC1CCNC1.Cl. The third-order valence-corrected chi connectivity index (χ3v) is 5.63. The van der Waals surface area contributed by atoms with E-state index >= 15 is 0 Å². The Morgan fingerprint density at radius 2 is 2.09 bits per heavy atom. The average molecular weight is 347 g/mol. The fraction of sp³-hybridized carbons (Fsp3) is 0.533. The van der Waals surface area contributed by atoms with E-state index in [-0.39, 0.29) is 34.5 Å². The Hall–Kier alpha value is -1.11. The van der Waals surface area contributed by atoms with E-state index in [1.807, 2.05) is 0 Å². The van der Waals surface area contributed by atoms with Gasteiger partial charge in [0.15, 0.2) is 9.84 Å². The van der Waals surface area contributed by atoms with Crippen molar-refractivity contribution in [2.75, 3.05) is 25.4 Å². The quantitative estimate of drug-likeness (QED) is 0.821. The molecule has 0 radical (unpaired) electrons. The van der Waals surface area contributed by atoms with Gasteiger partial charge in [0.1, 0.15) is 0 Å². The maximum absolute atomic E-state index is 12.2. The summed E-state index contributed by atoms with van der Waals surface area (Å²) in [6.07, 6.45) is 2.05. The maximum atomic E-state index is 12.2. The van der Waals surface area contributed by atoms with E-state index in [0.29, 0.717) is 12.5 Å². The van der Waals surface area contributed by atoms with Crippen molar-refractivity contribution < 1.29 is 13.2 Å². The molecule has 1 aromatic rings. The average Bonchev–Trinajstić information content (AvgIpc) is 3.00. The van der Waals surface area contributed by atoms with Gasteiger partial charge in [0.05, 0.1) is 16.2 Å². The van der Waals surface area contributed by atoms with Gasteiger partial charge in [-0.15, -0.1) is 12.4 Å². The maximum Gasteiger partial charge on any atom is 0.252 e. The van der Waals surface area contributed by atoms with Crippen molar-refractivity contribution in [1.29, 1.82) is 0 Å². The molecule has 2 rings (SSSR count). The second-order valence-corrected chi connectivity index (χ2v) is 7.55. The van der Waals surface area contributed by atoms with Crippen LogP contribution in [0.2, 0.25) is 0 Å². The van der Waals surface area contributed by atoms with Crippen LogP contribution in [0.25, 0.3) is 0 Å². The van der Waals surface area contributed by atoms with Crippen molar-refractivity contribution in [2.24, 2.45) is 5.92 Å². The van der Waals surface area contributed by atoms with Crippen LogP contribution in [-0.4, -0.2) is 39.7 Å². The molecule has 1 amide bonds. The summed E-state index contributed by atoms with van der Waals surface area (Å²) in [5, 5.41) is 6.12.